The smallest absolute Gasteiger partial charge is 0.375 e. The predicted octanol–water partition coefficient (Wildman–Crippen LogP) is 1.65. The van der Waals surface area contributed by atoms with Crippen LogP contribution in [-0.4, -0.2) is 66.1 Å². The van der Waals surface area contributed by atoms with Crippen LogP contribution in [0.3, 0.4) is 0 Å². The number of aromatic nitrogens is 1. The molecule has 0 saturated carbocycles. The first kappa shape index (κ1) is 16.2. The third kappa shape index (κ3) is 3.18. The molecule has 0 radical (unpaired) electrons. The van der Waals surface area contributed by atoms with Crippen LogP contribution in [0.5, 0.6) is 0 Å². The number of carbonyl (C=O) groups excluding carboxylic acids is 1. The normalized spacial score (nSPS) is 26.0. The summed E-state index contributed by atoms with van der Waals surface area (Å²) in [4.78, 5) is 19.8. The molecule has 1 amide bonds. The molecule has 2 atom stereocenters. The molecule has 0 spiro atoms. The van der Waals surface area contributed by atoms with Gasteiger partial charge in [0.15, 0.2) is 0 Å². The number of hydrogen-bond donors (Lipinski definition) is 0. The summed E-state index contributed by atoms with van der Waals surface area (Å²) in [5.74, 6) is -0.671. The second-order valence-corrected chi connectivity index (χ2v) is 5.89. The minimum atomic E-state index is -4.59. The van der Waals surface area contributed by atoms with E-state index >= 15 is 0 Å². The SMILES string of the molecule is CN1CCO[C@H]2CCN(C(=O)c3ncccc3C(F)(F)F)C[C@@H]21. The number of piperidine rings is 1. The van der Waals surface area contributed by atoms with E-state index in [1.165, 1.54) is 17.2 Å². The largest absolute Gasteiger partial charge is 0.418 e. The van der Waals surface area contributed by atoms with E-state index in [0.717, 1.165) is 12.6 Å². The Hall–Kier alpha value is -1.67. The van der Waals surface area contributed by atoms with Crippen molar-refractivity contribution in [2.24, 2.45) is 0 Å². The summed E-state index contributed by atoms with van der Waals surface area (Å²) in [6.45, 7) is 2.13. The fourth-order valence-electron chi connectivity index (χ4n) is 3.18. The number of hydrogen-bond acceptors (Lipinski definition) is 4. The van der Waals surface area contributed by atoms with Crippen molar-refractivity contribution in [3.63, 3.8) is 0 Å². The van der Waals surface area contributed by atoms with E-state index in [1.807, 2.05) is 7.05 Å². The third-order valence-corrected chi connectivity index (χ3v) is 4.47. The Morgan fingerprint density at radius 1 is 1.39 bits per heavy atom. The summed E-state index contributed by atoms with van der Waals surface area (Å²) in [5.41, 5.74) is -1.52. The first-order chi connectivity index (χ1) is 10.9. The summed E-state index contributed by atoms with van der Waals surface area (Å²) in [6.07, 6.45) is -2.73. The Labute approximate surface area is 132 Å². The summed E-state index contributed by atoms with van der Waals surface area (Å²) in [5, 5.41) is 0. The van der Waals surface area contributed by atoms with Gasteiger partial charge in [0.05, 0.1) is 24.3 Å². The molecule has 2 saturated heterocycles. The Balaban J connectivity index is 1.82. The van der Waals surface area contributed by atoms with Crippen LogP contribution < -0.4 is 0 Å². The van der Waals surface area contributed by atoms with Gasteiger partial charge in [0.1, 0.15) is 5.69 Å². The zero-order chi connectivity index (χ0) is 16.6. The Bertz CT molecular complexity index is 594. The number of amides is 1. The molecule has 0 aliphatic carbocycles. The van der Waals surface area contributed by atoms with Gasteiger partial charge in [-0.15, -0.1) is 0 Å². The van der Waals surface area contributed by atoms with Crippen LogP contribution in [0.15, 0.2) is 18.3 Å². The van der Waals surface area contributed by atoms with E-state index in [9.17, 15) is 18.0 Å². The van der Waals surface area contributed by atoms with Crippen LogP contribution in [0.1, 0.15) is 22.5 Å². The molecule has 0 bridgehead atoms. The molecule has 1 aromatic heterocycles. The monoisotopic (exact) mass is 329 g/mol. The molecule has 3 heterocycles. The number of likely N-dealkylation sites (tertiary alicyclic amines) is 1. The van der Waals surface area contributed by atoms with Gasteiger partial charge in [0.25, 0.3) is 5.91 Å². The molecule has 0 unspecified atom stereocenters. The summed E-state index contributed by atoms with van der Waals surface area (Å²) < 4.78 is 44.9. The summed E-state index contributed by atoms with van der Waals surface area (Å²) >= 11 is 0. The minimum absolute atomic E-state index is 0.0134. The first-order valence-electron chi connectivity index (χ1n) is 7.51. The number of carbonyl (C=O) groups is 1. The highest BCUT2D eigenvalue weighted by atomic mass is 19.4. The van der Waals surface area contributed by atoms with Gasteiger partial charge < -0.3 is 9.64 Å². The highest BCUT2D eigenvalue weighted by molar-refractivity contribution is 5.94. The molecule has 8 heteroatoms. The van der Waals surface area contributed by atoms with Crippen molar-refractivity contribution in [1.82, 2.24) is 14.8 Å². The van der Waals surface area contributed by atoms with Crippen molar-refractivity contribution in [3.05, 3.63) is 29.6 Å². The van der Waals surface area contributed by atoms with Crippen LogP contribution in [-0.2, 0) is 10.9 Å². The van der Waals surface area contributed by atoms with Crippen molar-refractivity contribution in [2.75, 3.05) is 33.3 Å². The number of morpholine rings is 1. The lowest BCUT2D eigenvalue weighted by molar-refractivity contribution is -0.138. The van der Waals surface area contributed by atoms with Gasteiger partial charge in [0.2, 0.25) is 0 Å². The van der Waals surface area contributed by atoms with Gasteiger partial charge in [-0.3, -0.25) is 14.7 Å². The van der Waals surface area contributed by atoms with Gasteiger partial charge in [0, 0.05) is 25.8 Å². The number of nitrogens with zero attached hydrogens (tertiary/aromatic N) is 3. The minimum Gasteiger partial charge on any atom is -0.375 e. The molecule has 2 aliphatic heterocycles. The lowest BCUT2D eigenvalue weighted by Gasteiger charge is -2.45. The highest BCUT2D eigenvalue weighted by Gasteiger charge is 2.40. The molecular weight excluding hydrogens is 311 g/mol. The second-order valence-electron chi connectivity index (χ2n) is 5.89. The standard InChI is InChI=1S/C15H18F3N3O2/c1-20-7-8-23-12-4-6-21(9-11(12)20)14(22)13-10(15(16,17)18)3-2-5-19-13/h2-3,5,11-12H,4,6-9H2,1H3/t11-,12-/m0/s1. The number of halogens is 3. The molecule has 23 heavy (non-hydrogen) atoms. The van der Waals surface area contributed by atoms with Gasteiger partial charge in [-0.2, -0.15) is 13.2 Å². The summed E-state index contributed by atoms with van der Waals surface area (Å²) in [6, 6.07) is 2.09. The lowest BCUT2D eigenvalue weighted by Crippen LogP contribution is -2.59. The van der Waals surface area contributed by atoms with E-state index in [-0.39, 0.29) is 12.1 Å². The van der Waals surface area contributed by atoms with E-state index in [1.54, 1.807) is 0 Å². The van der Waals surface area contributed by atoms with Crippen LogP contribution in [0.2, 0.25) is 0 Å². The van der Waals surface area contributed by atoms with E-state index in [0.29, 0.717) is 26.1 Å². The zero-order valence-electron chi connectivity index (χ0n) is 12.7. The first-order valence-corrected chi connectivity index (χ1v) is 7.51. The Morgan fingerprint density at radius 3 is 2.91 bits per heavy atom. The molecule has 2 aliphatic rings. The average molecular weight is 329 g/mol. The Morgan fingerprint density at radius 2 is 2.17 bits per heavy atom. The van der Waals surface area contributed by atoms with Gasteiger partial charge in [-0.25, -0.2) is 0 Å². The lowest BCUT2D eigenvalue weighted by atomic mass is 9.98. The maximum Gasteiger partial charge on any atom is 0.418 e. The number of likely N-dealkylation sites (N-methyl/N-ethyl adjacent to an activating group) is 1. The molecule has 1 aromatic rings. The molecular formula is C15H18F3N3O2. The molecule has 3 rings (SSSR count). The fourth-order valence-corrected chi connectivity index (χ4v) is 3.18. The van der Waals surface area contributed by atoms with E-state index in [2.05, 4.69) is 9.88 Å². The van der Waals surface area contributed by atoms with Crippen molar-refractivity contribution in [1.29, 1.82) is 0 Å². The topological polar surface area (TPSA) is 45.7 Å². The molecule has 0 N–H and O–H groups in total. The maximum absolute atomic E-state index is 13.1. The van der Waals surface area contributed by atoms with Crippen molar-refractivity contribution >= 4 is 5.91 Å². The Kier molecular flexibility index (Phi) is 4.29. The number of rotatable bonds is 1. The van der Waals surface area contributed by atoms with E-state index in [4.69, 9.17) is 4.74 Å². The predicted molar refractivity (Wildman–Crippen MR) is 75.9 cm³/mol. The van der Waals surface area contributed by atoms with Gasteiger partial charge >= 0.3 is 6.18 Å². The van der Waals surface area contributed by atoms with E-state index < -0.39 is 23.3 Å². The molecule has 0 aromatic carbocycles. The van der Waals surface area contributed by atoms with Crippen LogP contribution >= 0.6 is 0 Å². The number of fused-ring (bicyclic) bond motifs is 1. The van der Waals surface area contributed by atoms with Crippen LogP contribution in [0.4, 0.5) is 13.2 Å². The van der Waals surface area contributed by atoms with Gasteiger partial charge in [-0.1, -0.05) is 0 Å². The van der Waals surface area contributed by atoms with Crippen LogP contribution in [0, 0.1) is 0 Å². The number of alkyl halides is 3. The molecule has 126 valence electrons. The quantitative estimate of drug-likeness (QED) is 0.786. The number of ether oxygens (including phenoxy) is 1. The zero-order valence-corrected chi connectivity index (χ0v) is 12.7. The highest BCUT2D eigenvalue weighted by Crippen LogP contribution is 2.32. The van der Waals surface area contributed by atoms with Gasteiger partial charge in [-0.05, 0) is 25.6 Å². The molecule has 2 fully saturated rings. The average Bonchev–Trinajstić information content (AvgIpc) is 2.53. The number of pyridine rings is 1. The maximum atomic E-state index is 13.1. The fraction of sp³-hybridized carbons (Fsp3) is 0.600. The second kappa shape index (κ2) is 6.09. The summed E-state index contributed by atoms with van der Waals surface area (Å²) in [7, 11) is 1.94. The third-order valence-electron chi connectivity index (χ3n) is 4.47. The van der Waals surface area contributed by atoms with Crippen molar-refractivity contribution < 1.29 is 22.7 Å². The van der Waals surface area contributed by atoms with Crippen molar-refractivity contribution in [2.45, 2.75) is 24.7 Å². The van der Waals surface area contributed by atoms with Crippen molar-refractivity contribution in [3.8, 4) is 0 Å². The molecule has 5 nitrogen and oxygen atoms in total. The van der Waals surface area contributed by atoms with Crippen LogP contribution in [0.25, 0.3) is 0 Å².